The lowest BCUT2D eigenvalue weighted by atomic mass is 9.97. The van der Waals surface area contributed by atoms with E-state index in [4.69, 9.17) is 16.3 Å². The van der Waals surface area contributed by atoms with Gasteiger partial charge in [-0.3, -0.25) is 14.4 Å². The van der Waals surface area contributed by atoms with Crippen LogP contribution in [-0.2, 0) is 25.5 Å². The molecule has 25 heavy (non-hydrogen) atoms. The Morgan fingerprint density at radius 2 is 2.00 bits per heavy atom. The first-order valence-electron chi connectivity index (χ1n) is 7.96. The number of nitrogens with one attached hydrogen (secondary N) is 1. The van der Waals surface area contributed by atoms with Crippen LogP contribution in [0.25, 0.3) is 0 Å². The Bertz CT molecular complexity index is 654. The van der Waals surface area contributed by atoms with Crippen LogP contribution in [0.4, 0.5) is 0 Å². The smallest absolute Gasteiger partial charge is 0.310 e. The van der Waals surface area contributed by atoms with Crippen LogP contribution in [0, 0.1) is 11.8 Å². The minimum absolute atomic E-state index is 0.168. The molecule has 1 heterocycles. The van der Waals surface area contributed by atoms with Crippen LogP contribution < -0.4 is 5.32 Å². The van der Waals surface area contributed by atoms with Crippen LogP contribution in [-0.4, -0.2) is 49.4 Å². The van der Waals surface area contributed by atoms with Gasteiger partial charge in [0.25, 0.3) is 0 Å². The third kappa shape index (κ3) is 5.06. The van der Waals surface area contributed by atoms with Crippen LogP contribution >= 0.6 is 11.6 Å². The van der Waals surface area contributed by atoms with Gasteiger partial charge in [-0.05, 0) is 30.2 Å². The molecule has 1 unspecified atom stereocenters. The Morgan fingerprint density at radius 3 is 2.56 bits per heavy atom. The monoisotopic (exact) mass is 364 g/mol. The summed E-state index contributed by atoms with van der Waals surface area (Å²) < 4.78 is 4.82. The molecule has 1 aliphatic rings. The third-order valence-corrected chi connectivity index (χ3v) is 4.44. The van der Waals surface area contributed by atoms with Gasteiger partial charge in [-0.1, -0.05) is 30.3 Å². The van der Waals surface area contributed by atoms with E-state index in [1.54, 1.807) is 17.0 Å². The maximum absolute atomic E-state index is 12.1. The first kappa shape index (κ1) is 19.0. The number of amides is 2. The Morgan fingerprint density at radius 1 is 1.36 bits per heavy atom. The number of carbonyl (C=O) groups is 3. The van der Waals surface area contributed by atoms with Crippen LogP contribution in [0.15, 0.2) is 36.9 Å². The van der Waals surface area contributed by atoms with Crippen molar-refractivity contribution in [2.75, 3.05) is 26.7 Å². The van der Waals surface area contributed by atoms with E-state index in [1.165, 1.54) is 13.2 Å². The largest absolute Gasteiger partial charge is 0.469 e. The topological polar surface area (TPSA) is 75.7 Å². The molecule has 2 rings (SSSR count). The highest BCUT2D eigenvalue weighted by Gasteiger charge is 2.35. The number of likely N-dealkylation sites (tertiary alicyclic amines) is 1. The van der Waals surface area contributed by atoms with Crippen molar-refractivity contribution in [3.8, 4) is 0 Å². The molecule has 0 aromatic heterocycles. The van der Waals surface area contributed by atoms with E-state index in [-0.39, 0.29) is 30.2 Å². The van der Waals surface area contributed by atoms with Crippen molar-refractivity contribution in [2.45, 2.75) is 6.42 Å². The second-order valence-electron chi connectivity index (χ2n) is 5.94. The number of carbonyl (C=O) groups excluding carboxylic acids is 3. The molecule has 2 amide bonds. The van der Waals surface area contributed by atoms with Gasteiger partial charge in [0.1, 0.15) is 0 Å². The Kier molecular flexibility index (Phi) is 6.58. The fraction of sp³-hybridized carbons (Fsp3) is 0.389. The maximum Gasteiger partial charge on any atom is 0.310 e. The van der Waals surface area contributed by atoms with E-state index < -0.39 is 5.92 Å². The van der Waals surface area contributed by atoms with Crippen molar-refractivity contribution in [1.82, 2.24) is 10.2 Å². The van der Waals surface area contributed by atoms with Gasteiger partial charge in [0.15, 0.2) is 0 Å². The molecular formula is C18H21ClN2O4. The number of esters is 1. The summed E-state index contributed by atoms with van der Waals surface area (Å²) in [6.07, 6.45) is 1.67. The van der Waals surface area contributed by atoms with E-state index in [0.29, 0.717) is 24.5 Å². The molecule has 7 heteroatoms. The summed E-state index contributed by atoms with van der Waals surface area (Å²) in [5.74, 6) is -1.47. The molecule has 1 aromatic rings. The summed E-state index contributed by atoms with van der Waals surface area (Å²) in [6, 6.07) is 7.18. The molecule has 0 aliphatic carbocycles. The minimum atomic E-state index is -0.485. The van der Waals surface area contributed by atoms with Gasteiger partial charge in [-0.25, -0.2) is 0 Å². The molecule has 6 nitrogen and oxygen atoms in total. The van der Waals surface area contributed by atoms with Crippen molar-refractivity contribution >= 4 is 29.4 Å². The lowest BCUT2D eigenvalue weighted by Crippen LogP contribution is -2.55. The summed E-state index contributed by atoms with van der Waals surface area (Å²) in [6.45, 7) is 4.34. The highest BCUT2D eigenvalue weighted by molar-refractivity contribution is 6.30. The summed E-state index contributed by atoms with van der Waals surface area (Å²) in [5.41, 5.74) is 0.931. The Labute approximate surface area is 151 Å². The lowest BCUT2D eigenvalue weighted by Gasteiger charge is -2.37. The van der Waals surface area contributed by atoms with Crippen LogP contribution in [0.1, 0.15) is 5.56 Å². The summed E-state index contributed by atoms with van der Waals surface area (Å²) >= 11 is 5.86. The predicted molar refractivity (Wildman–Crippen MR) is 93.9 cm³/mol. The normalized spacial score (nSPS) is 15.0. The molecule has 0 saturated carbocycles. The standard InChI is InChI=1S/C18H21ClN2O4/c1-3-16(22)21-10-14(11-21)17(23)20-9-13(18(24)25-2)8-12-4-6-15(19)7-5-12/h3-7,13-14H,1,8-11H2,2H3,(H,20,23). The third-order valence-electron chi connectivity index (χ3n) is 4.19. The number of hydrogen-bond acceptors (Lipinski definition) is 4. The molecule has 1 N–H and O–H groups in total. The van der Waals surface area contributed by atoms with E-state index >= 15 is 0 Å². The van der Waals surface area contributed by atoms with E-state index in [9.17, 15) is 14.4 Å². The second-order valence-corrected chi connectivity index (χ2v) is 6.38. The molecule has 1 fully saturated rings. The first-order valence-corrected chi connectivity index (χ1v) is 8.33. The van der Waals surface area contributed by atoms with Crippen molar-refractivity contribution in [3.63, 3.8) is 0 Å². The highest BCUT2D eigenvalue weighted by Crippen LogP contribution is 2.17. The SMILES string of the molecule is C=CC(=O)N1CC(C(=O)NCC(Cc2ccc(Cl)cc2)C(=O)OC)C1. The van der Waals surface area contributed by atoms with Gasteiger partial charge >= 0.3 is 5.97 Å². The van der Waals surface area contributed by atoms with Gasteiger partial charge in [-0.15, -0.1) is 0 Å². The second kappa shape index (κ2) is 8.67. The molecule has 134 valence electrons. The zero-order valence-corrected chi connectivity index (χ0v) is 14.8. The molecule has 1 atom stereocenters. The summed E-state index contributed by atoms with van der Waals surface area (Å²) in [4.78, 5) is 37.0. The van der Waals surface area contributed by atoms with Crippen molar-refractivity contribution in [1.29, 1.82) is 0 Å². The van der Waals surface area contributed by atoms with Gasteiger partial charge in [0.05, 0.1) is 18.9 Å². The molecule has 1 aliphatic heterocycles. The molecule has 1 aromatic carbocycles. The molecule has 1 saturated heterocycles. The first-order chi connectivity index (χ1) is 11.9. The number of rotatable bonds is 7. The molecule has 0 radical (unpaired) electrons. The van der Waals surface area contributed by atoms with Gasteiger partial charge in [0.2, 0.25) is 11.8 Å². The zero-order chi connectivity index (χ0) is 18.4. The van der Waals surface area contributed by atoms with Crippen molar-refractivity contribution in [3.05, 3.63) is 47.5 Å². The summed E-state index contributed by atoms with van der Waals surface area (Å²) in [7, 11) is 1.32. The number of hydrogen-bond donors (Lipinski definition) is 1. The van der Waals surface area contributed by atoms with Crippen LogP contribution in [0.3, 0.4) is 0 Å². The number of methoxy groups -OCH3 is 1. The minimum Gasteiger partial charge on any atom is -0.469 e. The average molecular weight is 365 g/mol. The lowest BCUT2D eigenvalue weighted by molar-refractivity contribution is -0.145. The van der Waals surface area contributed by atoms with E-state index in [2.05, 4.69) is 11.9 Å². The number of nitrogens with zero attached hydrogens (tertiary/aromatic N) is 1. The predicted octanol–water partition coefficient (Wildman–Crippen LogP) is 1.43. The highest BCUT2D eigenvalue weighted by atomic mass is 35.5. The zero-order valence-electron chi connectivity index (χ0n) is 14.0. The summed E-state index contributed by atoms with van der Waals surface area (Å²) in [5, 5.41) is 3.40. The molecule has 0 bridgehead atoms. The fourth-order valence-electron chi connectivity index (χ4n) is 2.63. The molecular weight excluding hydrogens is 344 g/mol. The van der Waals surface area contributed by atoms with Gasteiger partial charge in [0, 0.05) is 24.7 Å². The maximum atomic E-state index is 12.1. The van der Waals surface area contributed by atoms with E-state index in [0.717, 1.165) is 5.56 Å². The number of ether oxygens (including phenoxy) is 1. The number of halogens is 1. The average Bonchev–Trinajstić information content (AvgIpc) is 2.57. The quantitative estimate of drug-likeness (QED) is 0.586. The van der Waals surface area contributed by atoms with Gasteiger partial charge in [-0.2, -0.15) is 0 Å². The fourth-order valence-corrected chi connectivity index (χ4v) is 2.76. The van der Waals surface area contributed by atoms with Crippen molar-refractivity contribution < 1.29 is 19.1 Å². The van der Waals surface area contributed by atoms with Crippen LogP contribution in [0.2, 0.25) is 5.02 Å². The molecule has 0 spiro atoms. The Balaban J connectivity index is 1.86. The van der Waals surface area contributed by atoms with Crippen molar-refractivity contribution in [2.24, 2.45) is 11.8 Å². The van der Waals surface area contributed by atoms with E-state index in [1.807, 2.05) is 12.1 Å². The Hall–Kier alpha value is -2.34. The number of benzene rings is 1. The van der Waals surface area contributed by atoms with Crippen LogP contribution in [0.5, 0.6) is 0 Å². The van der Waals surface area contributed by atoms with Gasteiger partial charge < -0.3 is 15.0 Å².